The molecule has 1 unspecified atom stereocenters. The lowest BCUT2D eigenvalue weighted by Gasteiger charge is -2.13. The average molecular weight is 246 g/mol. The van der Waals surface area contributed by atoms with E-state index in [2.05, 4.69) is 36.3 Å². The van der Waals surface area contributed by atoms with E-state index in [4.69, 9.17) is 0 Å². The monoisotopic (exact) mass is 246 g/mol. The minimum atomic E-state index is 0.363. The number of thiophene rings is 1. The summed E-state index contributed by atoms with van der Waals surface area (Å²) in [5.41, 5.74) is 2.52. The Kier molecular flexibility index (Phi) is 3.92. The van der Waals surface area contributed by atoms with Gasteiger partial charge in [0.2, 0.25) is 0 Å². The van der Waals surface area contributed by atoms with Gasteiger partial charge in [-0.25, -0.2) is 0 Å². The normalized spacial score (nSPS) is 12.6. The van der Waals surface area contributed by atoms with E-state index >= 15 is 0 Å². The zero-order valence-corrected chi connectivity index (χ0v) is 11.3. The second-order valence-electron chi connectivity index (χ2n) is 4.25. The lowest BCUT2D eigenvalue weighted by molar-refractivity contribution is 0.594. The Hall–Kier alpha value is -1.19. The van der Waals surface area contributed by atoms with E-state index in [0.29, 0.717) is 6.04 Å². The molecule has 2 aromatic heterocycles. The van der Waals surface area contributed by atoms with E-state index in [1.165, 1.54) is 15.3 Å². The van der Waals surface area contributed by atoms with Crippen molar-refractivity contribution >= 4 is 11.3 Å². The summed E-state index contributed by atoms with van der Waals surface area (Å²) in [6, 6.07) is 8.72. The molecule has 0 aliphatic rings. The van der Waals surface area contributed by atoms with Crippen molar-refractivity contribution < 1.29 is 0 Å². The van der Waals surface area contributed by atoms with Gasteiger partial charge < -0.3 is 5.32 Å². The first-order valence-electron chi connectivity index (χ1n) is 5.85. The smallest absolute Gasteiger partial charge is 0.0468 e. The number of aromatic nitrogens is 1. The first-order chi connectivity index (χ1) is 8.20. The maximum atomic E-state index is 4.39. The molecule has 0 radical (unpaired) electrons. The van der Waals surface area contributed by atoms with Crippen molar-refractivity contribution in [3.05, 3.63) is 51.5 Å². The summed E-state index contributed by atoms with van der Waals surface area (Å²) in [4.78, 5) is 7.19. The van der Waals surface area contributed by atoms with Gasteiger partial charge in [-0.05, 0) is 44.7 Å². The average Bonchev–Trinajstić information content (AvgIpc) is 2.68. The number of nitrogens with one attached hydrogen (secondary N) is 1. The van der Waals surface area contributed by atoms with Gasteiger partial charge in [-0.3, -0.25) is 4.98 Å². The lowest BCUT2D eigenvalue weighted by Crippen LogP contribution is -2.18. The molecule has 1 atom stereocenters. The van der Waals surface area contributed by atoms with E-state index in [9.17, 15) is 0 Å². The van der Waals surface area contributed by atoms with E-state index in [1.54, 1.807) is 0 Å². The maximum Gasteiger partial charge on any atom is 0.0468 e. The summed E-state index contributed by atoms with van der Waals surface area (Å²) in [6.07, 6.45) is 2.80. The van der Waals surface area contributed by atoms with Crippen LogP contribution < -0.4 is 5.32 Å². The Morgan fingerprint density at radius 1 is 1.35 bits per heavy atom. The van der Waals surface area contributed by atoms with Crippen molar-refractivity contribution in [3.63, 3.8) is 0 Å². The molecule has 1 N–H and O–H groups in total. The molecule has 2 nitrogen and oxygen atoms in total. The second-order valence-corrected chi connectivity index (χ2v) is 5.54. The van der Waals surface area contributed by atoms with Gasteiger partial charge in [0, 0.05) is 34.1 Å². The van der Waals surface area contributed by atoms with Crippen LogP contribution >= 0.6 is 11.3 Å². The molecule has 0 saturated carbocycles. The summed E-state index contributed by atoms with van der Waals surface area (Å²) in [5.74, 6) is 0. The highest BCUT2D eigenvalue weighted by Crippen LogP contribution is 2.28. The SMILES string of the molecule is CNC(Cc1ccccn1)c1cc(C)c(C)s1. The number of hydrogen-bond donors (Lipinski definition) is 1. The second kappa shape index (κ2) is 5.43. The molecule has 17 heavy (non-hydrogen) atoms. The third kappa shape index (κ3) is 2.93. The van der Waals surface area contributed by atoms with Crippen LogP contribution in [0.4, 0.5) is 0 Å². The molecule has 2 rings (SSSR count). The summed E-state index contributed by atoms with van der Waals surface area (Å²) >= 11 is 1.88. The minimum absolute atomic E-state index is 0.363. The van der Waals surface area contributed by atoms with Crippen LogP contribution in [-0.4, -0.2) is 12.0 Å². The Balaban J connectivity index is 2.17. The van der Waals surface area contributed by atoms with E-state index in [1.807, 2.05) is 36.7 Å². The molecule has 0 aliphatic heterocycles. The molecule has 0 aliphatic carbocycles. The number of hydrogen-bond acceptors (Lipinski definition) is 3. The number of rotatable bonds is 4. The highest BCUT2D eigenvalue weighted by atomic mass is 32.1. The first kappa shape index (κ1) is 12.3. The van der Waals surface area contributed by atoms with Gasteiger partial charge in [-0.1, -0.05) is 6.07 Å². The third-order valence-corrected chi connectivity index (χ3v) is 4.28. The number of likely N-dealkylation sites (N-methyl/N-ethyl adjacent to an activating group) is 1. The largest absolute Gasteiger partial charge is 0.312 e. The number of nitrogens with zero attached hydrogens (tertiary/aromatic N) is 1. The van der Waals surface area contributed by atoms with Gasteiger partial charge in [-0.2, -0.15) is 0 Å². The fourth-order valence-electron chi connectivity index (χ4n) is 1.85. The van der Waals surface area contributed by atoms with Crippen molar-refractivity contribution in [2.45, 2.75) is 26.3 Å². The number of pyridine rings is 1. The maximum absolute atomic E-state index is 4.39. The first-order valence-corrected chi connectivity index (χ1v) is 6.66. The lowest BCUT2D eigenvalue weighted by atomic mass is 10.1. The minimum Gasteiger partial charge on any atom is -0.312 e. The van der Waals surface area contributed by atoms with Crippen LogP contribution in [-0.2, 0) is 6.42 Å². The highest BCUT2D eigenvalue weighted by Gasteiger charge is 2.13. The molecule has 0 bridgehead atoms. The summed E-state index contributed by atoms with van der Waals surface area (Å²) in [6.45, 7) is 4.35. The summed E-state index contributed by atoms with van der Waals surface area (Å²) < 4.78 is 0. The Labute approximate surface area is 107 Å². The fraction of sp³-hybridized carbons (Fsp3) is 0.357. The molecular formula is C14H18N2S. The molecule has 0 aromatic carbocycles. The Bertz CT molecular complexity index is 457. The molecule has 3 heteroatoms. The topological polar surface area (TPSA) is 24.9 Å². The van der Waals surface area contributed by atoms with Gasteiger partial charge in [0.25, 0.3) is 0 Å². The summed E-state index contributed by atoms with van der Waals surface area (Å²) in [5, 5.41) is 3.38. The van der Waals surface area contributed by atoms with Gasteiger partial charge in [0.1, 0.15) is 0 Å². The van der Waals surface area contributed by atoms with E-state index in [0.717, 1.165) is 12.1 Å². The highest BCUT2D eigenvalue weighted by molar-refractivity contribution is 7.12. The van der Waals surface area contributed by atoms with Crippen molar-refractivity contribution in [1.29, 1.82) is 0 Å². The molecule has 0 fully saturated rings. The van der Waals surface area contributed by atoms with Crippen LogP contribution in [0.1, 0.15) is 27.1 Å². The molecule has 90 valence electrons. The fourth-order valence-corrected chi connectivity index (χ4v) is 3.00. The van der Waals surface area contributed by atoms with Crippen LogP contribution in [0.3, 0.4) is 0 Å². The van der Waals surface area contributed by atoms with Crippen molar-refractivity contribution in [3.8, 4) is 0 Å². The molecular weight excluding hydrogens is 228 g/mol. The predicted molar refractivity (Wildman–Crippen MR) is 73.5 cm³/mol. The zero-order valence-electron chi connectivity index (χ0n) is 10.5. The Morgan fingerprint density at radius 3 is 2.71 bits per heavy atom. The van der Waals surface area contributed by atoms with E-state index < -0.39 is 0 Å². The molecule has 0 saturated heterocycles. The zero-order chi connectivity index (χ0) is 12.3. The van der Waals surface area contributed by atoms with Crippen LogP contribution in [0.25, 0.3) is 0 Å². The standard InChI is InChI=1S/C14H18N2S/c1-10-8-14(17-11(10)2)13(15-3)9-12-6-4-5-7-16-12/h4-8,13,15H,9H2,1-3H3. The van der Waals surface area contributed by atoms with Crippen LogP contribution in [0.15, 0.2) is 30.5 Å². The molecule has 0 spiro atoms. The summed E-state index contributed by atoms with van der Waals surface area (Å²) in [7, 11) is 2.01. The van der Waals surface area contributed by atoms with Gasteiger partial charge >= 0.3 is 0 Å². The quantitative estimate of drug-likeness (QED) is 0.895. The van der Waals surface area contributed by atoms with Crippen LogP contribution in [0.5, 0.6) is 0 Å². The molecule has 2 aromatic rings. The third-order valence-electron chi connectivity index (χ3n) is 3.02. The van der Waals surface area contributed by atoms with Crippen molar-refractivity contribution in [2.75, 3.05) is 7.05 Å². The van der Waals surface area contributed by atoms with Crippen molar-refractivity contribution in [2.24, 2.45) is 0 Å². The number of aryl methyl sites for hydroxylation is 2. The van der Waals surface area contributed by atoms with Gasteiger partial charge in [0.05, 0.1) is 0 Å². The van der Waals surface area contributed by atoms with E-state index in [-0.39, 0.29) is 0 Å². The van der Waals surface area contributed by atoms with Gasteiger partial charge in [0.15, 0.2) is 0 Å². The van der Waals surface area contributed by atoms with Crippen LogP contribution in [0.2, 0.25) is 0 Å². The van der Waals surface area contributed by atoms with Crippen molar-refractivity contribution in [1.82, 2.24) is 10.3 Å². The van der Waals surface area contributed by atoms with Gasteiger partial charge in [-0.15, -0.1) is 11.3 Å². The Morgan fingerprint density at radius 2 is 2.18 bits per heavy atom. The molecule has 0 amide bonds. The van der Waals surface area contributed by atoms with Crippen LogP contribution in [0, 0.1) is 13.8 Å². The predicted octanol–water partition coefficient (Wildman–Crippen LogP) is 3.26. The molecule has 2 heterocycles.